The normalized spacial score (nSPS) is 15.6. The Balaban J connectivity index is 2.11. The molecule has 0 aliphatic carbocycles. The third kappa shape index (κ3) is 2.82. The van der Waals surface area contributed by atoms with Crippen molar-refractivity contribution in [2.75, 3.05) is 18.9 Å². The second-order valence-corrected chi connectivity index (χ2v) is 4.22. The number of hydrogen-bond donors (Lipinski definition) is 1. The first-order chi connectivity index (χ1) is 8.20. The van der Waals surface area contributed by atoms with Crippen molar-refractivity contribution in [2.45, 2.75) is 33.0 Å². The smallest absolute Gasteiger partial charge is 0.163 e. The molecule has 1 unspecified atom stereocenters. The minimum atomic E-state index is 0.239. The first-order valence-corrected chi connectivity index (χ1v) is 6.00. The Morgan fingerprint density at radius 2 is 1.94 bits per heavy atom. The average molecular weight is 237 g/mol. The van der Waals surface area contributed by atoms with E-state index < -0.39 is 0 Å². The van der Waals surface area contributed by atoms with Crippen molar-refractivity contribution in [1.29, 1.82) is 0 Å². The van der Waals surface area contributed by atoms with Gasteiger partial charge in [-0.25, -0.2) is 0 Å². The molecule has 17 heavy (non-hydrogen) atoms. The SMILES string of the molecule is CCC(C)OCc1cc2c(cc1N)OCCO2. The summed E-state index contributed by atoms with van der Waals surface area (Å²) in [5, 5.41) is 0. The minimum absolute atomic E-state index is 0.239. The second kappa shape index (κ2) is 5.27. The van der Waals surface area contributed by atoms with Crippen molar-refractivity contribution < 1.29 is 14.2 Å². The largest absolute Gasteiger partial charge is 0.486 e. The maximum absolute atomic E-state index is 5.96. The fraction of sp³-hybridized carbons (Fsp3) is 0.538. The van der Waals surface area contributed by atoms with Gasteiger partial charge in [0.1, 0.15) is 13.2 Å². The fourth-order valence-corrected chi connectivity index (χ4v) is 1.62. The first-order valence-electron chi connectivity index (χ1n) is 6.00. The molecule has 1 heterocycles. The average Bonchev–Trinajstić information content (AvgIpc) is 2.35. The number of anilines is 1. The van der Waals surface area contributed by atoms with E-state index in [-0.39, 0.29) is 6.10 Å². The van der Waals surface area contributed by atoms with Gasteiger partial charge in [-0.05, 0) is 19.4 Å². The predicted octanol–water partition coefficient (Wildman–Crippen LogP) is 2.36. The van der Waals surface area contributed by atoms with Crippen LogP contribution in [0.2, 0.25) is 0 Å². The maximum atomic E-state index is 5.96. The van der Waals surface area contributed by atoms with Gasteiger partial charge in [0.25, 0.3) is 0 Å². The van der Waals surface area contributed by atoms with Crippen LogP contribution in [0.5, 0.6) is 11.5 Å². The molecular weight excluding hydrogens is 218 g/mol. The number of fused-ring (bicyclic) bond motifs is 1. The van der Waals surface area contributed by atoms with Gasteiger partial charge in [-0.1, -0.05) is 6.92 Å². The fourth-order valence-electron chi connectivity index (χ4n) is 1.62. The van der Waals surface area contributed by atoms with Crippen LogP contribution in [-0.2, 0) is 11.3 Å². The van der Waals surface area contributed by atoms with E-state index in [0.717, 1.165) is 23.5 Å². The summed E-state index contributed by atoms with van der Waals surface area (Å²) >= 11 is 0. The molecule has 1 aromatic rings. The van der Waals surface area contributed by atoms with Crippen LogP contribution in [0.25, 0.3) is 0 Å². The van der Waals surface area contributed by atoms with E-state index in [2.05, 4.69) is 6.92 Å². The third-order valence-electron chi connectivity index (χ3n) is 2.90. The molecule has 4 heteroatoms. The van der Waals surface area contributed by atoms with Gasteiger partial charge in [-0.15, -0.1) is 0 Å². The highest BCUT2D eigenvalue weighted by molar-refractivity contribution is 5.58. The number of nitrogens with two attached hydrogens (primary N) is 1. The second-order valence-electron chi connectivity index (χ2n) is 4.22. The highest BCUT2D eigenvalue weighted by Crippen LogP contribution is 2.34. The van der Waals surface area contributed by atoms with Crippen molar-refractivity contribution in [3.8, 4) is 11.5 Å². The lowest BCUT2D eigenvalue weighted by atomic mass is 10.1. The lowest BCUT2D eigenvalue weighted by Crippen LogP contribution is -2.16. The van der Waals surface area contributed by atoms with Crippen LogP contribution in [0.1, 0.15) is 25.8 Å². The van der Waals surface area contributed by atoms with E-state index in [1.54, 1.807) is 0 Å². The van der Waals surface area contributed by atoms with Gasteiger partial charge in [-0.2, -0.15) is 0 Å². The molecular formula is C13H19NO3. The maximum Gasteiger partial charge on any atom is 0.163 e. The zero-order chi connectivity index (χ0) is 12.3. The van der Waals surface area contributed by atoms with Crippen molar-refractivity contribution in [3.63, 3.8) is 0 Å². The molecule has 1 aromatic carbocycles. The topological polar surface area (TPSA) is 53.7 Å². The van der Waals surface area contributed by atoms with Crippen LogP contribution in [0.15, 0.2) is 12.1 Å². The molecule has 0 aromatic heterocycles. The molecule has 0 saturated heterocycles. The zero-order valence-corrected chi connectivity index (χ0v) is 10.4. The van der Waals surface area contributed by atoms with Gasteiger partial charge in [-0.3, -0.25) is 0 Å². The van der Waals surface area contributed by atoms with Crippen molar-refractivity contribution in [3.05, 3.63) is 17.7 Å². The van der Waals surface area contributed by atoms with E-state index in [4.69, 9.17) is 19.9 Å². The number of ether oxygens (including phenoxy) is 3. The molecule has 0 fully saturated rings. The highest BCUT2D eigenvalue weighted by atomic mass is 16.6. The lowest BCUT2D eigenvalue weighted by Gasteiger charge is -2.20. The quantitative estimate of drug-likeness (QED) is 0.817. The Morgan fingerprint density at radius 1 is 1.29 bits per heavy atom. The summed E-state index contributed by atoms with van der Waals surface area (Å²) < 4.78 is 16.6. The Labute approximate surface area is 102 Å². The molecule has 0 amide bonds. The Bertz CT molecular complexity index is 392. The number of nitrogen functional groups attached to an aromatic ring is 1. The highest BCUT2D eigenvalue weighted by Gasteiger charge is 2.15. The minimum Gasteiger partial charge on any atom is -0.486 e. The molecule has 0 bridgehead atoms. The summed E-state index contributed by atoms with van der Waals surface area (Å²) in [4.78, 5) is 0. The van der Waals surface area contributed by atoms with Crippen LogP contribution < -0.4 is 15.2 Å². The van der Waals surface area contributed by atoms with E-state index >= 15 is 0 Å². The molecule has 1 aliphatic rings. The van der Waals surface area contributed by atoms with E-state index in [0.29, 0.717) is 25.5 Å². The molecule has 0 radical (unpaired) electrons. The summed E-state index contributed by atoms with van der Waals surface area (Å²) in [6, 6.07) is 3.72. The molecule has 1 aliphatic heterocycles. The van der Waals surface area contributed by atoms with Crippen LogP contribution in [0.3, 0.4) is 0 Å². The van der Waals surface area contributed by atoms with E-state index in [1.165, 1.54) is 0 Å². The van der Waals surface area contributed by atoms with Gasteiger partial charge in [0.2, 0.25) is 0 Å². The van der Waals surface area contributed by atoms with Gasteiger partial charge >= 0.3 is 0 Å². The van der Waals surface area contributed by atoms with Crippen molar-refractivity contribution in [1.82, 2.24) is 0 Å². The summed E-state index contributed by atoms with van der Waals surface area (Å²) in [5.74, 6) is 1.48. The van der Waals surface area contributed by atoms with Crippen molar-refractivity contribution in [2.24, 2.45) is 0 Å². The lowest BCUT2D eigenvalue weighted by molar-refractivity contribution is 0.0509. The summed E-state index contributed by atoms with van der Waals surface area (Å²) in [5.41, 5.74) is 7.60. The van der Waals surface area contributed by atoms with E-state index in [9.17, 15) is 0 Å². The summed E-state index contributed by atoms with van der Waals surface area (Å²) in [6.45, 7) is 5.82. The molecule has 1 atom stereocenters. The van der Waals surface area contributed by atoms with Gasteiger partial charge < -0.3 is 19.9 Å². The zero-order valence-electron chi connectivity index (χ0n) is 10.4. The van der Waals surface area contributed by atoms with Gasteiger partial charge in [0, 0.05) is 17.3 Å². The number of benzene rings is 1. The number of hydrogen-bond acceptors (Lipinski definition) is 4. The Morgan fingerprint density at radius 3 is 2.59 bits per heavy atom. The Hall–Kier alpha value is -1.42. The van der Waals surface area contributed by atoms with Crippen LogP contribution in [0, 0.1) is 0 Å². The first kappa shape index (κ1) is 12.0. The summed E-state index contributed by atoms with van der Waals surface area (Å²) in [6.07, 6.45) is 1.23. The molecule has 0 spiro atoms. The van der Waals surface area contributed by atoms with Crippen LogP contribution in [0.4, 0.5) is 5.69 Å². The monoisotopic (exact) mass is 237 g/mol. The predicted molar refractivity (Wildman–Crippen MR) is 66.4 cm³/mol. The summed E-state index contributed by atoms with van der Waals surface area (Å²) in [7, 11) is 0. The molecule has 94 valence electrons. The van der Waals surface area contributed by atoms with Gasteiger partial charge in [0.05, 0.1) is 12.7 Å². The molecule has 2 N–H and O–H groups in total. The molecule has 2 rings (SSSR count). The van der Waals surface area contributed by atoms with Gasteiger partial charge in [0.15, 0.2) is 11.5 Å². The van der Waals surface area contributed by atoms with Crippen molar-refractivity contribution >= 4 is 5.69 Å². The molecule has 0 saturated carbocycles. The third-order valence-corrected chi connectivity index (χ3v) is 2.90. The van der Waals surface area contributed by atoms with E-state index in [1.807, 2.05) is 19.1 Å². The standard InChI is InChI=1S/C13H19NO3/c1-3-9(2)17-8-10-6-12-13(7-11(10)14)16-5-4-15-12/h6-7,9H,3-5,8,14H2,1-2H3. The van der Waals surface area contributed by atoms with Crippen LogP contribution in [-0.4, -0.2) is 19.3 Å². The van der Waals surface area contributed by atoms with Crippen LogP contribution >= 0.6 is 0 Å². The number of rotatable bonds is 4. The Kier molecular flexibility index (Phi) is 3.74. The molecule has 4 nitrogen and oxygen atoms in total.